The Labute approximate surface area is 100.0 Å². The maximum atomic E-state index is 11.5. The van der Waals surface area contributed by atoms with Crippen LogP contribution in [0.2, 0.25) is 0 Å². The van der Waals surface area contributed by atoms with Gasteiger partial charge in [-0.25, -0.2) is 4.79 Å². The molecule has 0 unspecified atom stereocenters. The van der Waals surface area contributed by atoms with Crippen molar-refractivity contribution in [2.45, 2.75) is 6.92 Å². The summed E-state index contributed by atoms with van der Waals surface area (Å²) in [5, 5.41) is 2.40. The van der Waals surface area contributed by atoms with E-state index in [1.165, 1.54) is 0 Å². The quantitative estimate of drug-likeness (QED) is 0.618. The van der Waals surface area contributed by atoms with Gasteiger partial charge in [-0.15, -0.1) is 6.42 Å². The van der Waals surface area contributed by atoms with E-state index in [0.717, 1.165) is 5.56 Å². The number of amides is 1. The van der Waals surface area contributed by atoms with Gasteiger partial charge in [0.25, 0.3) is 5.91 Å². The number of aryl methyl sites for hydroxylation is 1. The van der Waals surface area contributed by atoms with Gasteiger partial charge >= 0.3 is 5.97 Å². The molecular weight excluding hydrogens is 218 g/mol. The van der Waals surface area contributed by atoms with E-state index in [1.807, 2.05) is 13.0 Å². The molecule has 17 heavy (non-hydrogen) atoms. The standard InChI is InChI=1S/C13H13NO3/c1-3-7-14-12(15)9-17-13(16)11-6-4-5-10(2)8-11/h1,4-6,8H,7,9H2,2H3,(H,14,15). The molecule has 0 bridgehead atoms. The average molecular weight is 231 g/mol. The molecule has 1 amide bonds. The summed E-state index contributed by atoms with van der Waals surface area (Å²) in [4.78, 5) is 22.7. The Morgan fingerprint density at radius 1 is 1.47 bits per heavy atom. The van der Waals surface area contributed by atoms with Crippen LogP contribution in [0.3, 0.4) is 0 Å². The number of terminal acetylenes is 1. The highest BCUT2D eigenvalue weighted by molar-refractivity contribution is 5.91. The number of ether oxygens (including phenoxy) is 1. The fourth-order valence-corrected chi connectivity index (χ4v) is 1.19. The molecular formula is C13H13NO3. The highest BCUT2D eigenvalue weighted by Crippen LogP contribution is 2.05. The second-order valence-corrected chi connectivity index (χ2v) is 3.43. The van der Waals surface area contributed by atoms with Gasteiger partial charge in [-0.2, -0.15) is 0 Å². The Balaban J connectivity index is 2.45. The summed E-state index contributed by atoms with van der Waals surface area (Å²) in [6.07, 6.45) is 4.97. The first-order chi connectivity index (χ1) is 8.13. The molecule has 0 heterocycles. The van der Waals surface area contributed by atoms with Gasteiger partial charge in [0.05, 0.1) is 12.1 Å². The molecule has 0 fully saturated rings. The van der Waals surface area contributed by atoms with E-state index in [-0.39, 0.29) is 13.2 Å². The summed E-state index contributed by atoms with van der Waals surface area (Å²) in [6.45, 7) is 1.67. The minimum absolute atomic E-state index is 0.126. The largest absolute Gasteiger partial charge is 0.452 e. The van der Waals surface area contributed by atoms with Crippen LogP contribution in [0.1, 0.15) is 15.9 Å². The van der Waals surface area contributed by atoms with Crippen molar-refractivity contribution in [2.24, 2.45) is 0 Å². The molecule has 0 aromatic heterocycles. The number of benzene rings is 1. The van der Waals surface area contributed by atoms with Crippen molar-refractivity contribution in [1.82, 2.24) is 5.32 Å². The Morgan fingerprint density at radius 2 is 2.24 bits per heavy atom. The van der Waals surface area contributed by atoms with Crippen molar-refractivity contribution in [3.8, 4) is 12.3 Å². The third kappa shape index (κ3) is 4.39. The summed E-state index contributed by atoms with van der Waals surface area (Å²) in [6, 6.07) is 6.96. The highest BCUT2D eigenvalue weighted by Gasteiger charge is 2.09. The third-order valence-electron chi connectivity index (χ3n) is 1.98. The third-order valence-corrected chi connectivity index (χ3v) is 1.98. The van der Waals surface area contributed by atoms with Gasteiger partial charge in [0.1, 0.15) is 0 Å². The normalized spacial score (nSPS) is 9.18. The zero-order chi connectivity index (χ0) is 12.7. The average Bonchev–Trinajstić information content (AvgIpc) is 2.33. The first-order valence-electron chi connectivity index (χ1n) is 5.07. The zero-order valence-corrected chi connectivity index (χ0v) is 9.53. The maximum absolute atomic E-state index is 11.5. The van der Waals surface area contributed by atoms with Gasteiger partial charge in [-0.1, -0.05) is 23.6 Å². The highest BCUT2D eigenvalue weighted by atomic mass is 16.5. The molecule has 4 nitrogen and oxygen atoms in total. The zero-order valence-electron chi connectivity index (χ0n) is 9.53. The van der Waals surface area contributed by atoms with Crippen LogP contribution < -0.4 is 5.32 Å². The summed E-state index contributed by atoms with van der Waals surface area (Å²) >= 11 is 0. The van der Waals surface area contributed by atoms with E-state index >= 15 is 0 Å². The molecule has 0 saturated heterocycles. The molecule has 0 aliphatic carbocycles. The van der Waals surface area contributed by atoms with Crippen LogP contribution in [-0.4, -0.2) is 25.0 Å². The predicted octanol–water partition coefficient (Wildman–Crippen LogP) is 0.901. The molecule has 4 heteroatoms. The van der Waals surface area contributed by atoms with Crippen molar-refractivity contribution < 1.29 is 14.3 Å². The minimum Gasteiger partial charge on any atom is -0.452 e. The van der Waals surface area contributed by atoms with E-state index in [2.05, 4.69) is 11.2 Å². The van der Waals surface area contributed by atoms with Crippen LogP contribution in [0.4, 0.5) is 0 Å². The molecule has 1 N–H and O–H groups in total. The molecule has 1 aromatic carbocycles. The van der Waals surface area contributed by atoms with E-state index in [4.69, 9.17) is 11.2 Å². The van der Waals surface area contributed by atoms with E-state index in [0.29, 0.717) is 5.56 Å². The first-order valence-corrected chi connectivity index (χ1v) is 5.07. The lowest BCUT2D eigenvalue weighted by Crippen LogP contribution is -2.28. The second kappa shape index (κ2) is 6.33. The van der Waals surface area contributed by atoms with E-state index < -0.39 is 11.9 Å². The Bertz CT molecular complexity index is 460. The fraction of sp³-hybridized carbons (Fsp3) is 0.231. The van der Waals surface area contributed by atoms with Gasteiger partial charge in [0, 0.05) is 0 Å². The van der Waals surface area contributed by atoms with Crippen LogP contribution in [0, 0.1) is 19.3 Å². The monoisotopic (exact) mass is 231 g/mol. The lowest BCUT2D eigenvalue weighted by molar-refractivity contribution is -0.123. The molecule has 88 valence electrons. The fourth-order valence-electron chi connectivity index (χ4n) is 1.19. The number of esters is 1. The molecule has 0 atom stereocenters. The number of hydrogen-bond donors (Lipinski definition) is 1. The molecule has 1 rings (SSSR count). The van der Waals surface area contributed by atoms with Crippen molar-refractivity contribution >= 4 is 11.9 Å². The summed E-state index contributed by atoms with van der Waals surface area (Å²) in [5.41, 5.74) is 1.38. The van der Waals surface area contributed by atoms with Crippen molar-refractivity contribution in [3.63, 3.8) is 0 Å². The van der Waals surface area contributed by atoms with Crippen molar-refractivity contribution in [3.05, 3.63) is 35.4 Å². The summed E-state index contributed by atoms with van der Waals surface area (Å²) in [5.74, 6) is 1.32. The minimum atomic E-state index is -0.524. The Hall–Kier alpha value is -2.28. The van der Waals surface area contributed by atoms with Crippen molar-refractivity contribution in [2.75, 3.05) is 13.2 Å². The van der Waals surface area contributed by atoms with Crippen LogP contribution in [-0.2, 0) is 9.53 Å². The van der Waals surface area contributed by atoms with Crippen LogP contribution in [0.5, 0.6) is 0 Å². The molecule has 0 saturated carbocycles. The summed E-state index contributed by atoms with van der Waals surface area (Å²) < 4.78 is 4.82. The Kier molecular flexibility index (Phi) is 4.77. The summed E-state index contributed by atoms with van der Waals surface area (Å²) in [7, 11) is 0. The number of nitrogens with one attached hydrogen (secondary N) is 1. The molecule has 0 spiro atoms. The second-order valence-electron chi connectivity index (χ2n) is 3.43. The molecule has 1 aromatic rings. The molecule has 0 aliphatic heterocycles. The van der Waals surface area contributed by atoms with Gasteiger partial charge in [-0.05, 0) is 19.1 Å². The first kappa shape index (κ1) is 12.8. The number of hydrogen-bond acceptors (Lipinski definition) is 3. The lowest BCUT2D eigenvalue weighted by Gasteiger charge is -2.05. The Morgan fingerprint density at radius 3 is 2.88 bits per heavy atom. The van der Waals surface area contributed by atoms with Crippen LogP contribution in [0.15, 0.2) is 24.3 Å². The number of carbonyl (C=O) groups excluding carboxylic acids is 2. The number of rotatable bonds is 4. The van der Waals surface area contributed by atoms with E-state index in [9.17, 15) is 9.59 Å². The molecule has 0 aliphatic rings. The lowest BCUT2D eigenvalue weighted by atomic mass is 10.1. The van der Waals surface area contributed by atoms with Gasteiger partial charge in [0.15, 0.2) is 6.61 Å². The number of carbonyl (C=O) groups is 2. The predicted molar refractivity (Wildman–Crippen MR) is 63.3 cm³/mol. The van der Waals surface area contributed by atoms with E-state index in [1.54, 1.807) is 18.2 Å². The van der Waals surface area contributed by atoms with Gasteiger partial charge < -0.3 is 10.1 Å². The maximum Gasteiger partial charge on any atom is 0.338 e. The van der Waals surface area contributed by atoms with Crippen molar-refractivity contribution in [1.29, 1.82) is 0 Å². The topological polar surface area (TPSA) is 55.4 Å². The smallest absolute Gasteiger partial charge is 0.338 e. The van der Waals surface area contributed by atoms with Gasteiger partial charge in [0.2, 0.25) is 0 Å². The van der Waals surface area contributed by atoms with Crippen LogP contribution >= 0.6 is 0 Å². The molecule has 0 radical (unpaired) electrons. The SMILES string of the molecule is C#CCNC(=O)COC(=O)c1cccc(C)c1. The van der Waals surface area contributed by atoms with Gasteiger partial charge in [-0.3, -0.25) is 4.79 Å². The van der Waals surface area contributed by atoms with Crippen LogP contribution in [0.25, 0.3) is 0 Å².